The van der Waals surface area contributed by atoms with Gasteiger partial charge in [-0.25, -0.2) is 0 Å². The molecule has 0 unspecified atom stereocenters. The first-order chi connectivity index (χ1) is 20.1. The van der Waals surface area contributed by atoms with Crippen LogP contribution in [0.2, 0.25) is 0 Å². The molecule has 0 bridgehead atoms. The van der Waals surface area contributed by atoms with Gasteiger partial charge in [-0.1, -0.05) is 84.0 Å². The van der Waals surface area contributed by atoms with Crippen LogP contribution in [0, 0.1) is 0 Å². The SMILES string of the molecule is CCCCCCCCCCCCCCCOc1ccc(C(=O)Nc2ccc3oc(-c4nn[nH]n4)cc(=O)c3c2)cc1. The molecule has 0 radical (unpaired) electrons. The monoisotopic (exact) mass is 559 g/mol. The van der Waals surface area contributed by atoms with Gasteiger partial charge in [0.2, 0.25) is 5.82 Å². The molecule has 0 atom stereocenters. The van der Waals surface area contributed by atoms with Crippen LogP contribution in [-0.2, 0) is 0 Å². The molecule has 0 aliphatic rings. The minimum Gasteiger partial charge on any atom is -0.494 e. The molecular weight excluding hydrogens is 518 g/mol. The van der Waals surface area contributed by atoms with Crippen LogP contribution in [0.4, 0.5) is 5.69 Å². The van der Waals surface area contributed by atoms with Crippen molar-refractivity contribution in [1.29, 1.82) is 0 Å². The van der Waals surface area contributed by atoms with Crippen molar-refractivity contribution in [2.24, 2.45) is 0 Å². The van der Waals surface area contributed by atoms with Crippen molar-refractivity contribution in [3.63, 3.8) is 0 Å². The predicted octanol–water partition coefficient (Wildman–Crippen LogP) is 7.70. The highest BCUT2D eigenvalue weighted by molar-refractivity contribution is 6.05. The highest BCUT2D eigenvalue weighted by Crippen LogP contribution is 2.22. The summed E-state index contributed by atoms with van der Waals surface area (Å²) < 4.78 is 11.6. The van der Waals surface area contributed by atoms with Crippen molar-refractivity contribution in [2.45, 2.75) is 90.4 Å². The smallest absolute Gasteiger partial charge is 0.255 e. The minimum atomic E-state index is -0.278. The van der Waals surface area contributed by atoms with E-state index in [1.165, 1.54) is 83.1 Å². The van der Waals surface area contributed by atoms with Gasteiger partial charge in [-0.05, 0) is 54.1 Å². The van der Waals surface area contributed by atoms with Crippen LogP contribution < -0.4 is 15.5 Å². The molecule has 4 rings (SSSR count). The molecule has 0 aliphatic heterocycles. The van der Waals surface area contributed by atoms with Gasteiger partial charge in [0.25, 0.3) is 5.91 Å². The van der Waals surface area contributed by atoms with E-state index in [4.69, 9.17) is 9.15 Å². The number of anilines is 1. The summed E-state index contributed by atoms with van der Waals surface area (Å²) in [6, 6.07) is 13.3. The van der Waals surface area contributed by atoms with Crippen molar-refractivity contribution in [3.05, 3.63) is 64.3 Å². The summed E-state index contributed by atoms with van der Waals surface area (Å²) in [6.45, 7) is 2.94. The zero-order valence-corrected chi connectivity index (χ0v) is 24.0. The third-order valence-corrected chi connectivity index (χ3v) is 7.18. The highest BCUT2D eigenvalue weighted by Gasteiger charge is 2.12. The Morgan fingerprint density at radius 3 is 2.15 bits per heavy atom. The Bertz CT molecular complexity index is 1400. The number of nitrogens with one attached hydrogen (secondary N) is 2. The standard InChI is InChI=1S/C32H41N5O4/c1-2-3-4-5-6-7-8-9-10-11-12-13-14-21-40-26-18-15-24(16-19-26)32(39)33-25-17-20-29-27(22-25)28(38)23-30(41-29)31-34-36-37-35-31/h15-20,22-23H,2-14,21H2,1H3,(H,33,39)(H,34,35,36,37). The lowest BCUT2D eigenvalue weighted by Gasteiger charge is -2.09. The fourth-order valence-electron chi connectivity index (χ4n) is 4.83. The summed E-state index contributed by atoms with van der Waals surface area (Å²) in [5, 5.41) is 16.7. The molecule has 2 heterocycles. The Morgan fingerprint density at radius 2 is 1.51 bits per heavy atom. The van der Waals surface area contributed by atoms with Crippen molar-refractivity contribution < 1.29 is 13.9 Å². The van der Waals surface area contributed by atoms with Gasteiger partial charge in [-0.3, -0.25) is 9.59 Å². The number of unbranched alkanes of at least 4 members (excludes halogenated alkanes) is 12. The first kappa shape index (κ1) is 30.0. The number of nitrogens with zero attached hydrogens (tertiary/aromatic N) is 3. The Morgan fingerprint density at radius 1 is 0.854 bits per heavy atom. The molecular formula is C32H41N5O4. The summed E-state index contributed by atoms with van der Waals surface area (Å²) in [4.78, 5) is 25.4. The maximum absolute atomic E-state index is 12.8. The second-order valence-corrected chi connectivity index (χ2v) is 10.5. The van der Waals surface area contributed by atoms with Crippen molar-refractivity contribution in [2.75, 3.05) is 11.9 Å². The fourth-order valence-corrected chi connectivity index (χ4v) is 4.83. The van der Waals surface area contributed by atoms with E-state index >= 15 is 0 Å². The van der Waals surface area contributed by atoms with Gasteiger partial charge in [0.1, 0.15) is 11.3 Å². The number of amides is 1. The molecule has 4 aromatic rings. The molecule has 218 valence electrons. The van der Waals surface area contributed by atoms with Crippen LogP contribution in [0.5, 0.6) is 5.75 Å². The van der Waals surface area contributed by atoms with Crippen LogP contribution >= 0.6 is 0 Å². The third kappa shape index (κ3) is 9.55. The second kappa shape index (κ2) is 16.3. The molecule has 9 heteroatoms. The van der Waals surface area contributed by atoms with Crippen LogP contribution in [0.1, 0.15) is 101 Å². The lowest BCUT2D eigenvalue weighted by atomic mass is 10.0. The fraction of sp³-hybridized carbons (Fsp3) is 0.469. The average Bonchev–Trinajstić information content (AvgIpc) is 3.53. The first-order valence-electron chi connectivity index (χ1n) is 15.0. The lowest BCUT2D eigenvalue weighted by Crippen LogP contribution is -2.12. The Balaban J connectivity index is 1.13. The van der Waals surface area contributed by atoms with Crippen LogP contribution in [0.3, 0.4) is 0 Å². The number of ether oxygens (including phenoxy) is 1. The second-order valence-electron chi connectivity index (χ2n) is 10.5. The van der Waals surface area contributed by atoms with Gasteiger partial charge < -0.3 is 14.5 Å². The molecule has 2 aromatic heterocycles. The van der Waals surface area contributed by atoms with E-state index in [9.17, 15) is 9.59 Å². The zero-order valence-electron chi connectivity index (χ0n) is 24.0. The van der Waals surface area contributed by atoms with Crippen LogP contribution in [0.15, 0.2) is 57.7 Å². The quantitative estimate of drug-likeness (QED) is 0.120. The Kier molecular flexibility index (Phi) is 11.9. The van der Waals surface area contributed by atoms with Crippen LogP contribution in [0.25, 0.3) is 22.6 Å². The largest absolute Gasteiger partial charge is 0.494 e. The molecule has 0 fully saturated rings. The van der Waals surface area contributed by atoms with E-state index in [-0.39, 0.29) is 22.9 Å². The summed E-state index contributed by atoms with van der Waals surface area (Å²) in [6.07, 6.45) is 17.2. The number of hydrogen-bond donors (Lipinski definition) is 2. The number of carbonyl (C=O) groups is 1. The molecule has 1 amide bonds. The molecule has 0 aliphatic carbocycles. The number of tetrazole rings is 1. The number of benzene rings is 2. The number of aromatic nitrogens is 4. The Hall–Kier alpha value is -4.01. The molecule has 0 saturated carbocycles. The molecule has 2 N–H and O–H groups in total. The van der Waals surface area contributed by atoms with Gasteiger partial charge in [-0.2, -0.15) is 5.21 Å². The topological polar surface area (TPSA) is 123 Å². The van der Waals surface area contributed by atoms with Crippen molar-refractivity contribution >= 4 is 22.6 Å². The van der Waals surface area contributed by atoms with Gasteiger partial charge in [0, 0.05) is 17.3 Å². The molecule has 0 spiro atoms. The number of hydrogen-bond acceptors (Lipinski definition) is 7. The Labute approximate surface area is 241 Å². The van der Waals surface area contributed by atoms with E-state index in [0.717, 1.165) is 12.2 Å². The normalized spacial score (nSPS) is 11.1. The summed E-state index contributed by atoms with van der Waals surface area (Å²) >= 11 is 0. The maximum Gasteiger partial charge on any atom is 0.255 e. The lowest BCUT2D eigenvalue weighted by molar-refractivity contribution is 0.102. The summed E-state index contributed by atoms with van der Waals surface area (Å²) in [7, 11) is 0. The average molecular weight is 560 g/mol. The zero-order chi connectivity index (χ0) is 28.7. The van der Waals surface area contributed by atoms with Gasteiger partial charge in [-0.15, -0.1) is 10.2 Å². The predicted molar refractivity (Wildman–Crippen MR) is 161 cm³/mol. The van der Waals surface area contributed by atoms with E-state index in [1.54, 1.807) is 30.3 Å². The minimum absolute atomic E-state index is 0.193. The number of fused-ring (bicyclic) bond motifs is 1. The van der Waals surface area contributed by atoms with E-state index in [2.05, 4.69) is 32.9 Å². The number of aromatic amines is 1. The number of carbonyl (C=O) groups excluding carboxylic acids is 1. The number of rotatable bonds is 18. The van der Waals surface area contributed by atoms with E-state index in [0.29, 0.717) is 28.8 Å². The van der Waals surface area contributed by atoms with E-state index in [1.807, 2.05) is 12.1 Å². The molecule has 41 heavy (non-hydrogen) atoms. The molecule has 2 aromatic carbocycles. The van der Waals surface area contributed by atoms with Crippen LogP contribution in [-0.4, -0.2) is 33.1 Å². The number of H-pyrrole nitrogens is 1. The van der Waals surface area contributed by atoms with Gasteiger partial charge in [0.15, 0.2) is 11.2 Å². The maximum atomic E-state index is 12.8. The van der Waals surface area contributed by atoms with E-state index < -0.39 is 0 Å². The summed E-state index contributed by atoms with van der Waals surface area (Å²) in [5.74, 6) is 0.879. The van der Waals surface area contributed by atoms with Gasteiger partial charge in [0.05, 0.1) is 12.0 Å². The highest BCUT2D eigenvalue weighted by atomic mass is 16.5. The third-order valence-electron chi connectivity index (χ3n) is 7.18. The van der Waals surface area contributed by atoms with Crippen molar-refractivity contribution in [3.8, 4) is 17.3 Å². The first-order valence-corrected chi connectivity index (χ1v) is 15.0. The van der Waals surface area contributed by atoms with Crippen molar-refractivity contribution in [1.82, 2.24) is 20.6 Å². The molecule has 9 nitrogen and oxygen atoms in total. The van der Waals surface area contributed by atoms with Gasteiger partial charge >= 0.3 is 0 Å². The molecule has 0 saturated heterocycles. The summed E-state index contributed by atoms with van der Waals surface area (Å²) in [5.41, 5.74) is 1.08.